The molecule has 3 fully saturated rings. The molecule has 28 heavy (non-hydrogen) atoms. The Morgan fingerprint density at radius 1 is 1.07 bits per heavy atom. The first kappa shape index (κ1) is 19.4. The molecule has 1 unspecified atom stereocenters. The minimum Gasteiger partial charge on any atom is -0.383 e. The third-order valence-corrected chi connectivity index (χ3v) is 7.31. The predicted octanol–water partition coefficient (Wildman–Crippen LogP) is 1.72. The molecule has 6 nitrogen and oxygen atoms in total. The summed E-state index contributed by atoms with van der Waals surface area (Å²) in [6.45, 7) is 5.61. The number of piperidine rings is 1. The molecular weight excluding hydrogens is 354 g/mol. The Hall–Kier alpha value is -1.92. The van der Waals surface area contributed by atoms with Crippen LogP contribution in [0.25, 0.3) is 0 Å². The van der Waals surface area contributed by atoms with Crippen LogP contribution in [0.1, 0.15) is 29.6 Å². The number of hydrogen-bond acceptors (Lipinski definition) is 4. The van der Waals surface area contributed by atoms with Crippen LogP contribution in [0.5, 0.6) is 0 Å². The average Bonchev–Trinajstić information content (AvgIpc) is 3.19. The van der Waals surface area contributed by atoms with Crippen molar-refractivity contribution in [2.24, 2.45) is 10.8 Å². The van der Waals surface area contributed by atoms with Crippen LogP contribution in [0.15, 0.2) is 30.3 Å². The van der Waals surface area contributed by atoms with Gasteiger partial charge in [-0.3, -0.25) is 14.5 Å². The SMILES string of the molecule is COCCN1CC2(CCN(C(=O)c3ccccc3)CC2)C2(CCN(C)C2=O)C1. The quantitative estimate of drug-likeness (QED) is 0.792. The van der Waals surface area contributed by atoms with Crippen molar-refractivity contribution in [2.45, 2.75) is 19.3 Å². The molecular formula is C22H31N3O3. The van der Waals surface area contributed by atoms with Gasteiger partial charge in [0.05, 0.1) is 12.0 Å². The summed E-state index contributed by atoms with van der Waals surface area (Å²) in [5, 5.41) is 0. The number of ether oxygens (including phenoxy) is 1. The van der Waals surface area contributed by atoms with Crippen LogP contribution < -0.4 is 0 Å². The van der Waals surface area contributed by atoms with E-state index < -0.39 is 0 Å². The minimum atomic E-state index is -0.294. The van der Waals surface area contributed by atoms with Crippen LogP contribution in [-0.4, -0.2) is 86.5 Å². The van der Waals surface area contributed by atoms with Gasteiger partial charge in [-0.2, -0.15) is 0 Å². The molecule has 0 aliphatic carbocycles. The van der Waals surface area contributed by atoms with Gasteiger partial charge in [0.15, 0.2) is 0 Å². The highest BCUT2D eigenvalue weighted by Crippen LogP contribution is 2.57. The van der Waals surface area contributed by atoms with Crippen molar-refractivity contribution in [3.8, 4) is 0 Å². The van der Waals surface area contributed by atoms with Crippen LogP contribution in [0.4, 0.5) is 0 Å². The zero-order valence-electron chi connectivity index (χ0n) is 17.0. The van der Waals surface area contributed by atoms with Gasteiger partial charge in [-0.1, -0.05) is 18.2 Å². The standard InChI is InChI=1S/C22H31N3O3/c1-23-11-10-22(20(23)27)17-24(14-15-28-2)16-21(22)8-12-25(13-9-21)19(26)18-6-4-3-5-7-18/h3-7H,8-17H2,1-2H3. The topological polar surface area (TPSA) is 53.1 Å². The normalized spacial score (nSPS) is 27.3. The molecule has 6 heteroatoms. The van der Waals surface area contributed by atoms with Crippen LogP contribution in [0.3, 0.4) is 0 Å². The second-order valence-corrected chi connectivity index (χ2v) is 8.70. The number of methoxy groups -OCH3 is 1. The van der Waals surface area contributed by atoms with Crippen molar-refractivity contribution in [1.82, 2.24) is 14.7 Å². The maximum atomic E-state index is 13.2. The number of rotatable bonds is 4. The van der Waals surface area contributed by atoms with E-state index >= 15 is 0 Å². The lowest BCUT2D eigenvalue weighted by molar-refractivity contribution is -0.141. The van der Waals surface area contributed by atoms with E-state index in [2.05, 4.69) is 4.90 Å². The molecule has 3 aliphatic rings. The molecule has 3 saturated heterocycles. The summed E-state index contributed by atoms with van der Waals surface area (Å²) in [6, 6.07) is 9.51. The number of benzene rings is 1. The molecule has 0 bridgehead atoms. The number of amides is 2. The maximum absolute atomic E-state index is 13.2. The second kappa shape index (κ2) is 7.48. The third kappa shape index (κ3) is 3.03. The number of nitrogens with zero attached hydrogens (tertiary/aromatic N) is 3. The molecule has 2 amide bonds. The van der Waals surface area contributed by atoms with Crippen LogP contribution in [0.2, 0.25) is 0 Å². The molecule has 152 valence electrons. The summed E-state index contributed by atoms with van der Waals surface area (Å²) in [5.74, 6) is 0.406. The maximum Gasteiger partial charge on any atom is 0.253 e. The molecule has 0 aromatic heterocycles. The number of likely N-dealkylation sites (tertiary alicyclic amines) is 3. The van der Waals surface area contributed by atoms with Crippen molar-refractivity contribution < 1.29 is 14.3 Å². The summed E-state index contributed by atoms with van der Waals surface area (Å²) in [4.78, 5) is 32.4. The molecule has 0 radical (unpaired) electrons. The fourth-order valence-electron chi connectivity index (χ4n) is 5.67. The Kier molecular flexibility index (Phi) is 5.19. The fraction of sp³-hybridized carbons (Fsp3) is 0.636. The highest BCUT2D eigenvalue weighted by atomic mass is 16.5. The first-order valence-corrected chi connectivity index (χ1v) is 10.3. The van der Waals surface area contributed by atoms with Crippen molar-refractivity contribution in [3.05, 3.63) is 35.9 Å². The van der Waals surface area contributed by atoms with E-state index in [4.69, 9.17) is 4.74 Å². The van der Waals surface area contributed by atoms with Crippen molar-refractivity contribution in [1.29, 1.82) is 0 Å². The monoisotopic (exact) mass is 385 g/mol. The second-order valence-electron chi connectivity index (χ2n) is 8.70. The van der Waals surface area contributed by atoms with E-state index in [1.165, 1.54) is 0 Å². The molecule has 1 atom stereocenters. The molecule has 0 N–H and O–H groups in total. The van der Waals surface area contributed by atoms with Crippen molar-refractivity contribution >= 4 is 11.8 Å². The van der Waals surface area contributed by atoms with Gasteiger partial charge in [0.25, 0.3) is 5.91 Å². The number of fused-ring (bicyclic) bond motifs is 1. The smallest absolute Gasteiger partial charge is 0.253 e. The van der Waals surface area contributed by atoms with Gasteiger partial charge in [0.2, 0.25) is 5.91 Å². The lowest BCUT2D eigenvalue weighted by Gasteiger charge is -2.47. The van der Waals surface area contributed by atoms with Gasteiger partial charge >= 0.3 is 0 Å². The van der Waals surface area contributed by atoms with E-state index in [0.29, 0.717) is 12.5 Å². The predicted molar refractivity (Wildman–Crippen MR) is 107 cm³/mol. The highest BCUT2D eigenvalue weighted by Gasteiger charge is 2.64. The van der Waals surface area contributed by atoms with Gasteiger partial charge in [-0.15, -0.1) is 0 Å². The third-order valence-electron chi connectivity index (χ3n) is 7.31. The molecule has 3 aliphatic heterocycles. The van der Waals surface area contributed by atoms with Gasteiger partial charge < -0.3 is 14.5 Å². The zero-order chi connectivity index (χ0) is 19.8. The molecule has 4 rings (SSSR count). The van der Waals surface area contributed by atoms with Crippen molar-refractivity contribution in [3.63, 3.8) is 0 Å². The van der Waals surface area contributed by atoms with E-state index in [1.807, 2.05) is 47.2 Å². The average molecular weight is 386 g/mol. The Morgan fingerprint density at radius 3 is 2.39 bits per heavy atom. The lowest BCUT2D eigenvalue weighted by Crippen LogP contribution is -2.53. The Morgan fingerprint density at radius 2 is 1.79 bits per heavy atom. The van der Waals surface area contributed by atoms with Crippen LogP contribution >= 0.6 is 0 Å². The van der Waals surface area contributed by atoms with E-state index in [1.54, 1.807) is 7.11 Å². The molecule has 2 spiro atoms. The minimum absolute atomic E-state index is 0.0317. The summed E-state index contributed by atoms with van der Waals surface area (Å²) < 4.78 is 5.29. The van der Waals surface area contributed by atoms with Crippen molar-refractivity contribution in [2.75, 3.05) is 60.0 Å². The van der Waals surface area contributed by atoms with Gasteiger partial charge in [0, 0.05) is 64.4 Å². The summed E-state index contributed by atoms with van der Waals surface area (Å²) in [7, 11) is 3.65. The molecule has 1 aromatic rings. The van der Waals surface area contributed by atoms with Crippen LogP contribution in [0, 0.1) is 10.8 Å². The first-order valence-electron chi connectivity index (χ1n) is 10.3. The Bertz CT molecular complexity index is 730. The summed E-state index contributed by atoms with van der Waals surface area (Å²) in [5.41, 5.74) is 0.422. The first-order chi connectivity index (χ1) is 13.5. The molecule has 1 aromatic carbocycles. The van der Waals surface area contributed by atoms with Crippen LogP contribution in [-0.2, 0) is 9.53 Å². The Balaban J connectivity index is 1.53. The molecule has 3 heterocycles. The lowest BCUT2D eigenvalue weighted by atomic mass is 9.60. The highest BCUT2D eigenvalue weighted by molar-refractivity contribution is 5.94. The number of hydrogen-bond donors (Lipinski definition) is 0. The molecule has 0 saturated carbocycles. The van der Waals surface area contributed by atoms with E-state index in [-0.39, 0.29) is 16.7 Å². The van der Waals surface area contributed by atoms with Gasteiger partial charge in [-0.25, -0.2) is 0 Å². The number of carbonyl (C=O) groups excluding carboxylic acids is 2. The fourth-order valence-corrected chi connectivity index (χ4v) is 5.67. The number of carbonyl (C=O) groups is 2. The largest absolute Gasteiger partial charge is 0.383 e. The van der Waals surface area contributed by atoms with E-state index in [0.717, 1.165) is 64.1 Å². The Labute approximate surface area is 167 Å². The summed E-state index contributed by atoms with van der Waals surface area (Å²) in [6.07, 6.45) is 2.72. The van der Waals surface area contributed by atoms with Gasteiger partial charge in [0.1, 0.15) is 0 Å². The van der Waals surface area contributed by atoms with Gasteiger partial charge in [-0.05, 0) is 31.4 Å². The van der Waals surface area contributed by atoms with E-state index in [9.17, 15) is 9.59 Å². The zero-order valence-corrected chi connectivity index (χ0v) is 17.0. The summed E-state index contributed by atoms with van der Waals surface area (Å²) >= 11 is 0.